The quantitative estimate of drug-likeness (QED) is 0.689. The summed E-state index contributed by atoms with van der Waals surface area (Å²) in [4.78, 5) is 14.2. The van der Waals surface area contributed by atoms with Gasteiger partial charge in [-0.2, -0.15) is 0 Å². The first-order chi connectivity index (χ1) is 9.52. The van der Waals surface area contributed by atoms with Crippen LogP contribution >= 0.6 is 23.2 Å². The van der Waals surface area contributed by atoms with Crippen LogP contribution in [-0.2, 0) is 4.74 Å². The Kier molecular flexibility index (Phi) is 4.91. The van der Waals surface area contributed by atoms with Crippen LogP contribution in [0.25, 0.3) is 0 Å². The van der Waals surface area contributed by atoms with Gasteiger partial charge in [0.15, 0.2) is 0 Å². The predicted octanol–water partition coefficient (Wildman–Crippen LogP) is 2.99. The molecule has 0 radical (unpaired) electrons. The topological polar surface area (TPSA) is 55.6 Å². The second kappa shape index (κ2) is 6.48. The molecule has 1 amide bonds. The fraction of sp³-hybridized carbons (Fsp3) is 0.357. The van der Waals surface area contributed by atoms with Crippen molar-refractivity contribution in [2.24, 2.45) is 0 Å². The first-order valence-corrected chi connectivity index (χ1v) is 6.99. The molecule has 2 N–H and O–H groups in total. The first-order valence-electron chi connectivity index (χ1n) is 6.23. The standard InChI is InChI=1S/C14H16Cl2N2O2/c1-20-8-9-2-4-18(5-3-9)14(19)11-6-10(17)7-12(15)13(11)16/h2,6-7H,3-5,8,17H2,1H3. The molecule has 20 heavy (non-hydrogen) atoms. The van der Waals surface area contributed by atoms with Gasteiger partial charge in [-0.15, -0.1) is 0 Å². The average molecular weight is 315 g/mol. The predicted molar refractivity (Wildman–Crippen MR) is 81.4 cm³/mol. The number of carbonyl (C=O) groups is 1. The van der Waals surface area contributed by atoms with Gasteiger partial charge in [-0.3, -0.25) is 4.79 Å². The molecule has 1 aromatic rings. The number of nitrogens with zero attached hydrogens (tertiary/aromatic N) is 1. The van der Waals surface area contributed by atoms with Crippen molar-refractivity contribution in [3.05, 3.63) is 39.4 Å². The fourth-order valence-corrected chi connectivity index (χ4v) is 2.57. The number of nitrogens with two attached hydrogens (primary N) is 1. The molecule has 0 saturated carbocycles. The number of nitrogen functional groups attached to an aromatic ring is 1. The average Bonchev–Trinajstić information content (AvgIpc) is 2.43. The van der Waals surface area contributed by atoms with Gasteiger partial charge in [0.1, 0.15) is 0 Å². The maximum atomic E-state index is 12.5. The lowest BCUT2D eigenvalue weighted by Crippen LogP contribution is -2.35. The molecule has 108 valence electrons. The van der Waals surface area contributed by atoms with Crippen molar-refractivity contribution in [3.63, 3.8) is 0 Å². The highest BCUT2D eigenvalue weighted by molar-refractivity contribution is 6.44. The van der Waals surface area contributed by atoms with E-state index in [1.54, 1.807) is 18.1 Å². The van der Waals surface area contributed by atoms with Gasteiger partial charge in [-0.25, -0.2) is 0 Å². The molecule has 1 aromatic carbocycles. The first kappa shape index (κ1) is 15.2. The van der Waals surface area contributed by atoms with Crippen LogP contribution in [0.1, 0.15) is 16.8 Å². The van der Waals surface area contributed by atoms with Crippen molar-refractivity contribution in [1.82, 2.24) is 4.90 Å². The van der Waals surface area contributed by atoms with E-state index < -0.39 is 0 Å². The van der Waals surface area contributed by atoms with Gasteiger partial charge in [-0.05, 0) is 24.1 Å². The molecule has 6 heteroatoms. The SMILES string of the molecule is COCC1=CCN(C(=O)c2cc(N)cc(Cl)c2Cl)CC1. The summed E-state index contributed by atoms with van der Waals surface area (Å²) >= 11 is 12.0. The third kappa shape index (κ3) is 3.26. The van der Waals surface area contributed by atoms with Gasteiger partial charge in [0.25, 0.3) is 5.91 Å². The molecule has 0 fully saturated rings. The third-order valence-electron chi connectivity index (χ3n) is 3.20. The van der Waals surface area contributed by atoms with Crippen LogP contribution in [0.3, 0.4) is 0 Å². The Morgan fingerprint density at radius 1 is 1.45 bits per heavy atom. The highest BCUT2D eigenvalue weighted by Crippen LogP contribution is 2.30. The largest absolute Gasteiger partial charge is 0.399 e. The number of rotatable bonds is 3. The number of hydrogen-bond donors (Lipinski definition) is 1. The molecule has 1 aliphatic heterocycles. The lowest BCUT2D eigenvalue weighted by Gasteiger charge is -2.27. The number of methoxy groups -OCH3 is 1. The van der Waals surface area contributed by atoms with E-state index in [-0.39, 0.29) is 10.9 Å². The molecule has 0 saturated heterocycles. The van der Waals surface area contributed by atoms with Gasteiger partial charge >= 0.3 is 0 Å². The van der Waals surface area contributed by atoms with Gasteiger partial charge in [-0.1, -0.05) is 29.3 Å². The fourth-order valence-electron chi connectivity index (χ4n) is 2.15. The highest BCUT2D eigenvalue weighted by atomic mass is 35.5. The molecule has 1 heterocycles. The molecular weight excluding hydrogens is 299 g/mol. The lowest BCUT2D eigenvalue weighted by atomic mass is 10.1. The van der Waals surface area contributed by atoms with Gasteiger partial charge in [0.2, 0.25) is 0 Å². The summed E-state index contributed by atoms with van der Waals surface area (Å²) in [5, 5.41) is 0.542. The van der Waals surface area contributed by atoms with E-state index in [9.17, 15) is 4.79 Å². The molecule has 0 spiro atoms. The second-order valence-corrected chi connectivity index (χ2v) is 5.45. The molecule has 0 bridgehead atoms. The summed E-state index contributed by atoms with van der Waals surface area (Å²) in [6.45, 7) is 1.78. The summed E-state index contributed by atoms with van der Waals surface area (Å²) in [5.41, 5.74) is 7.69. The molecule has 2 rings (SSSR count). The molecular formula is C14H16Cl2N2O2. The summed E-state index contributed by atoms with van der Waals surface area (Å²) in [6.07, 6.45) is 2.81. The normalized spacial score (nSPS) is 15.2. The minimum absolute atomic E-state index is 0.156. The monoisotopic (exact) mass is 314 g/mol. The Morgan fingerprint density at radius 2 is 2.20 bits per heavy atom. The summed E-state index contributed by atoms with van der Waals surface area (Å²) < 4.78 is 5.09. The maximum absolute atomic E-state index is 12.5. The van der Waals surface area contributed by atoms with Crippen LogP contribution in [0.2, 0.25) is 10.0 Å². The van der Waals surface area contributed by atoms with Crippen LogP contribution in [0, 0.1) is 0 Å². The van der Waals surface area contributed by atoms with E-state index >= 15 is 0 Å². The summed E-state index contributed by atoms with van der Waals surface area (Å²) in [6, 6.07) is 3.10. The van der Waals surface area contributed by atoms with E-state index in [0.717, 1.165) is 6.42 Å². The molecule has 0 unspecified atom stereocenters. The van der Waals surface area contributed by atoms with Crippen molar-refractivity contribution in [2.45, 2.75) is 6.42 Å². The number of amides is 1. The Balaban J connectivity index is 2.17. The Hall–Kier alpha value is -1.23. The van der Waals surface area contributed by atoms with Crippen molar-refractivity contribution in [1.29, 1.82) is 0 Å². The molecule has 0 atom stereocenters. The molecule has 0 aliphatic carbocycles. The zero-order chi connectivity index (χ0) is 14.7. The molecule has 1 aliphatic rings. The number of benzene rings is 1. The number of carbonyl (C=O) groups excluding carboxylic acids is 1. The molecule has 0 aromatic heterocycles. The van der Waals surface area contributed by atoms with Crippen molar-refractivity contribution >= 4 is 34.8 Å². The summed E-state index contributed by atoms with van der Waals surface area (Å²) in [7, 11) is 1.66. The Labute approximate surface area is 128 Å². The number of anilines is 1. The van der Waals surface area contributed by atoms with E-state index in [1.165, 1.54) is 11.6 Å². The number of ether oxygens (including phenoxy) is 1. The van der Waals surface area contributed by atoms with Crippen molar-refractivity contribution < 1.29 is 9.53 Å². The van der Waals surface area contributed by atoms with E-state index in [0.29, 0.717) is 36.0 Å². The van der Waals surface area contributed by atoms with Crippen LogP contribution < -0.4 is 5.73 Å². The number of halogens is 2. The zero-order valence-corrected chi connectivity index (χ0v) is 12.7. The van der Waals surface area contributed by atoms with Crippen LogP contribution in [-0.4, -0.2) is 37.6 Å². The summed E-state index contributed by atoms with van der Waals surface area (Å²) in [5.74, 6) is -0.156. The van der Waals surface area contributed by atoms with E-state index in [1.807, 2.05) is 6.08 Å². The van der Waals surface area contributed by atoms with Gasteiger partial charge in [0, 0.05) is 25.9 Å². The Bertz CT molecular complexity index is 558. The minimum Gasteiger partial charge on any atom is -0.399 e. The van der Waals surface area contributed by atoms with E-state index in [2.05, 4.69) is 0 Å². The van der Waals surface area contributed by atoms with E-state index in [4.69, 9.17) is 33.7 Å². The zero-order valence-electron chi connectivity index (χ0n) is 11.2. The second-order valence-electron chi connectivity index (χ2n) is 4.66. The van der Waals surface area contributed by atoms with Crippen LogP contribution in [0.5, 0.6) is 0 Å². The third-order valence-corrected chi connectivity index (χ3v) is 4.00. The van der Waals surface area contributed by atoms with Crippen molar-refractivity contribution in [3.8, 4) is 0 Å². The van der Waals surface area contributed by atoms with Gasteiger partial charge in [0.05, 0.1) is 22.2 Å². The smallest absolute Gasteiger partial charge is 0.255 e. The maximum Gasteiger partial charge on any atom is 0.255 e. The Morgan fingerprint density at radius 3 is 2.80 bits per heavy atom. The minimum atomic E-state index is -0.156. The van der Waals surface area contributed by atoms with Crippen LogP contribution in [0.15, 0.2) is 23.8 Å². The molecule has 4 nitrogen and oxygen atoms in total. The van der Waals surface area contributed by atoms with Crippen LogP contribution in [0.4, 0.5) is 5.69 Å². The highest BCUT2D eigenvalue weighted by Gasteiger charge is 2.22. The van der Waals surface area contributed by atoms with Crippen molar-refractivity contribution in [2.75, 3.05) is 32.5 Å². The van der Waals surface area contributed by atoms with Gasteiger partial charge < -0.3 is 15.4 Å². The lowest BCUT2D eigenvalue weighted by molar-refractivity contribution is 0.0765. The number of hydrogen-bond acceptors (Lipinski definition) is 3.